The van der Waals surface area contributed by atoms with Crippen LogP contribution in [0.25, 0.3) is 0 Å². The second-order valence-corrected chi connectivity index (χ2v) is 9.11. The van der Waals surface area contributed by atoms with Crippen molar-refractivity contribution in [2.24, 2.45) is 5.73 Å². The average molecular weight is 559 g/mol. The zero-order valence-corrected chi connectivity index (χ0v) is 22.3. The summed E-state index contributed by atoms with van der Waals surface area (Å²) in [5.74, 6) is 0.0943. The third-order valence-electron chi connectivity index (χ3n) is 5.58. The summed E-state index contributed by atoms with van der Waals surface area (Å²) in [6.07, 6.45) is 0.329. The summed E-state index contributed by atoms with van der Waals surface area (Å²) in [7, 11) is 0. The molecule has 0 aromatic heterocycles. The predicted octanol–water partition coefficient (Wildman–Crippen LogP) is -0.181. The van der Waals surface area contributed by atoms with Crippen LogP contribution in [0.5, 0.6) is 5.75 Å². The topological polar surface area (TPSA) is 219 Å². The monoisotopic (exact) mass is 558 g/mol. The number of amides is 8. The van der Waals surface area contributed by atoms with Crippen molar-refractivity contribution in [1.82, 2.24) is 37.2 Å². The highest BCUT2D eigenvalue weighted by Crippen LogP contribution is 2.11. The van der Waals surface area contributed by atoms with E-state index in [0.29, 0.717) is 13.0 Å². The normalized spacial score (nSPS) is 12.7. The molecule has 0 aliphatic rings. The van der Waals surface area contributed by atoms with Gasteiger partial charge in [0.25, 0.3) is 0 Å². The first-order valence-corrected chi connectivity index (χ1v) is 12.7. The molecule has 0 radical (unpaired) electrons. The Morgan fingerprint density at radius 1 is 0.725 bits per heavy atom. The summed E-state index contributed by atoms with van der Waals surface area (Å²) in [6, 6.07) is 11.8. The minimum absolute atomic E-state index is 0.0142. The molecule has 3 atom stereocenters. The van der Waals surface area contributed by atoms with Crippen LogP contribution < -0.4 is 43.0 Å². The van der Waals surface area contributed by atoms with Gasteiger partial charge in [0.05, 0.1) is 18.7 Å². The van der Waals surface area contributed by atoms with E-state index in [1.165, 1.54) is 12.1 Å². The van der Waals surface area contributed by atoms with Crippen LogP contribution in [0, 0.1) is 0 Å². The smallest absolute Gasteiger partial charge is 0.315 e. The van der Waals surface area contributed by atoms with E-state index in [9.17, 15) is 29.4 Å². The molecule has 11 N–H and O–H groups in total. The molecule has 40 heavy (non-hydrogen) atoms. The van der Waals surface area contributed by atoms with Crippen LogP contribution in [0.3, 0.4) is 0 Å². The zero-order chi connectivity index (χ0) is 29.3. The highest BCUT2D eigenvalue weighted by atomic mass is 16.3. The number of aromatic hydroxyl groups is 1. The van der Waals surface area contributed by atoms with Crippen molar-refractivity contribution in [2.45, 2.75) is 38.0 Å². The minimum Gasteiger partial charge on any atom is -0.508 e. The molecule has 14 nitrogen and oxygen atoms in total. The van der Waals surface area contributed by atoms with Gasteiger partial charge in [0.2, 0.25) is 0 Å². The van der Waals surface area contributed by atoms with Crippen LogP contribution in [-0.2, 0) is 13.0 Å². The summed E-state index contributed by atoms with van der Waals surface area (Å²) in [6.45, 7) is 1.72. The van der Waals surface area contributed by atoms with Gasteiger partial charge in [0.1, 0.15) is 5.75 Å². The lowest BCUT2D eigenvalue weighted by Crippen LogP contribution is -2.54. The van der Waals surface area contributed by atoms with Crippen molar-refractivity contribution in [3.63, 3.8) is 0 Å². The van der Waals surface area contributed by atoms with Crippen LogP contribution in [0.15, 0.2) is 54.6 Å². The molecule has 0 aliphatic carbocycles. The minimum atomic E-state index is -0.756. The third kappa shape index (κ3) is 13.2. The summed E-state index contributed by atoms with van der Waals surface area (Å²) in [4.78, 5) is 47.9. The lowest BCUT2D eigenvalue weighted by Gasteiger charge is -2.22. The number of phenolic OH excluding ortho intramolecular Hbond substituents is 1. The Hall–Kier alpha value is -4.72. The number of nitrogens with one attached hydrogen (secondary N) is 7. The third-order valence-corrected chi connectivity index (χ3v) is 5.58. The number of aliphatic hydroxyl groups is 1. The van der Waals surface area contributed by atoms with Gasteiger partial charge >= 0.3 is 24.1 Å². The van der Waals surface area contributed by atoms with Gasteiger partial charge in [-0.05, 0) is 36.6 Å². The second-order valence-electron chi connectivity index (χ2n) is 9.11. The van der Waals surface area contributed by atoms with Crippen LogP contribution in [0.2, 0.25) is 0 Å². The van der Waals surface area contributed by atoms with Crippen LogP contribution in [0.4, 0.5) is 19.2 Å². The number of carbonyl (C=O) groups excluding carboxylic acids is 4. The first kappa shape index (κ1) is 31.5. The molecule has 2 rings (SSSR count). The Balaban J connectivity index is 1.83. The summed E-state index contributed by atoms with van der Waals surface area (Å²) in [5, 5.41) is 37.5. The van der Waals surface area contributed by atoms with Crippen molar-refractivity contribution >= 4 is 24.1 Å². The molecule has 8 amide bonds. The SMILES string of the molecule is CC(CNC(=O)N[C@H](CNC(=O)NC(CO)CNC(=O)NCc1ccccc1)Cc1ccc(O)cc1)NC(N)=O. The van der Waals surface area contributed by atoms with Gasteiger partial charge in [-0.15, -0.1) is 0 Å². The molecule has 0 bridgehead atoms. The number of rotatable bonds is 14. The van der Waals surface area contributed by atoms with Crippen molar-refractivity contribution < 1.29 is 29.4 Å². The first-order valence-electron chi connectivity index (χ1n) is 12.7. The summed E-state index contributed by atoms with van der Waals surface area (Å²) >= 11 is 0. The molecule has 218 valence electrons. The quantitative estimate of drug-likeness (QED) is 0.151. The fourth-order valence-electron chi connectivity index (χ4n) is 3.54. The Labute approximate surface area is 232 Å². The van der Waals surface area contributed by atoms with E-state index in [-0.39, 0.29) is 25.4 Å². The summed E-state index contributed by atoms with van der Waals surface area (Å²) < 4.78 is 0. The second kappa shape index (κ2) is 17.0. The molecule has 0 saturated heterocycles. The highest BCUT2D eigenvalue weighted by molar-refractivity contribution is 5.76. The van der Waals surface area contributed by atoms with E-state index in [2.05, 4.69) is 37.2 Å². The van der Waals surface area contributed by atoms with E-state index in [4.69, 9.17) is 5.73 Å². The Kier molecular flexibility index (Phi) is 13.4. The molecule has 0 saturated carbocycles. The van der Waals surface area contributed by atoms with Gasteiger partial charge in [-0.25, -0.2) is 19.2 Å². The number of benzene rings is 2. The maximum absolute atomic E-state index is 12.5. The number of phenols is 1. The fraction of sp³-hybridized carbons (Fsp3) is 0.385. The van der Waals surface area contributed by atoms with Crippen molar-refractivity contribution in [1.29, 1.82) is 0 Å². The molecule has 14 heteroatoms. The van der Waals surface area contributed by atoms with Gasteiger partial charge < -0.3 is 53.2 Å². The number of hydrogen-bond acceptors (Lipinski definition) is 6. The van der Waals surface area contributed by atoms with Crippen molar-refractivity contribution in [3.8, 4) is 5.75 Å². The molecular weight excluding hydrogens is 520 g/mol. The maximum Gasteiger partial charge on any atom is 0.315 e. The first-order chi connectivity index (χ1) is 19.1. The van der Waals surface area contributed by atoms with E-state index in [1.54, 1.807) is 19.1 Å². The van der Waals surface area contributed by atoms with Crippen LogP contribution in [0.1, 0.15) is 18.1 Å². The zero-order valence-electron chi connectivity index (χ0n) is 22.3. The average Bonchev–Trinajstić information content (AvgIpc) is 2.93. The maximum atomic E-state index is 12.5. The molecule has 0 spiro atoms. The molecular formula is C26H38N8O6. The molecule has 0 fully saturated rings. The lowest BCUT2D eigenvalue weighted by molar-refractivity contribution is 0.210. The van der Waals surface area contributed by atoms with Crippen molar-refractivity contribution in [3.05, 3.63) is 65.7 Å². The van der Waals surface area contributed by atoms with Crippen LogP contribution in [-0.4, -0.2) is 78.7 Å². The Morgan fingerprint density at radius 2 is 1.30 bits per heavy atom. The molecule has 0 aliphatic heterocycles. The van der Waals surface area contributed by atoms with E-state index >= 15 is 0 Å². The lowest BCUT2D eigenvalue weighted by atomic mass is 10.1. The van der Waals surface area contributed by atoms with E-state index < -0.39 is 48.9 Å². The highest BCUT2D eigenvalue weighted by Gasteiger charge is 2.17. The number of hydrogen-bond donors (Lipinski definition) is 10. The predicted molar refractivity (Wildman–Crippen MR) is 148 cm³/mol. The number of primary amides is 1. The van der Waals surface area contributed by atoms with Gasteiger partial charge in [0, 0.05) is 32.2 Å². The molecule has 2 unspecified atom stereocenters. The fourth-order valence-corrected chi connectivity index (χ4v) is 3.54. The standard InChI is InChI=1S/C26H38N8O6/c1-17(32-23(27)37)12-28-25(39)33-20(11-18-7-9-22(36)10-8-18)14-31-26(40)34-21(16-35)15-30-24(38)29-13-19-5-3-2-4-6-19/h2-10,17,20-21,35-36H,11-16H2,1H3,(H3,27,32,37)(H2,28,33,39)(H2,29,30,38)(H2,31,34,40)/t17?,20-,21?/m0/s1. The van der Waals surface area contributed by atoms with E-state index in [1.807, 2.05) is 30.3 Å². The molecule has 2 aromatic rings. The molecule has 2 aromatic carbocycles. The van der Waals surface area contributed by atoms with Gasteiger partial charge in [-0.3, -0.25) is 0 Å². The Morgan fingerprint density at radius 3 is 1.93 bits per heavy atom. The number of aliphatic hydroxyl groups excluding tert-OH is 1. The largest absolute Gasteiger partial charge is 0.508 e. The number of nitrogens with two attached hydrogens (primary N) is 1. The van der Waals surface area contributed by atoms with Gasteiger partial charge in [-0.1, -0.05) is 42.5 Å². The molecule has 0 heterocycles. The number of urea groups is 4. The van der Waals surface area contributed by atoms with E-state index in [0.717, 1.165) is 11.1 Å². The van der Waals surface area contributed by atoms with Crippen LogP contribution >= 0.6 is 0 Å². The van der Waals surface area contributed by atoms with Gasteiger partial charge in [-0.2, -0.15) is 0 Å². The van der Waals surface area contributed by atoms with Crippen molar-refractivity contribution in [2.75, 3.05) is 26.2 Å². The van der Waals surface area contributed by atoms with Gasteiger partial charge in [0.15, 0.2) is 0 Å². The Bertz CT molecular complexity index is 1090. The summed E-state index contributed by atoms with van der Waals surface area (Å²) in [5.41, 5.74) is 6.80. The number of carbonyl (C=O) groups is 4.